The van der Waals surface area contributed by atoms with E-state index in [4.69, 9.17) is 9.15 Å². The monoisotopic (exact) mass is 230 g/mol. The average molecular weight is 230 g/mol. The number of carbonyl (C=O) groups is 1. The molecule has 1 heterocycles. The minimum Gasteiger partial charge on any atom is -0.496 e. The van der Waals surface area contributed by atoms with Crippen molar-refractivity contribution in [2.45, 2.75) is 13.8 Å². The second-order valence-electron chi connectivity index (χ2n) is 3.95. The summed E-state index contributed by atoms with van der Waals surface area (Å²) in [5.41, 5.74) is 2.40. The fourth-order valence-electron chi connectivity index (χ4n) is 1.76. The van der Waals surface area contributed by atoms with Gasteiger partial charge in [-0.2, -0.15) is 0 Å². The number of aryl methyl sites for hydroxylation is 2. The molecule has 1 aromatic carbocycles. The van der Waals surface area contributed by atoms with Crippen LogP contribution in [0.2, 0.25) is 0 Å². The molecule has 0 unspecified atom stereocenters. The molecule has 0 N–H and O–H groups in total. The largest absolute Gasteiger partial charge is 0.496 e. The highest BCUT2D eigenvalue weighted by atomic mass is 16.5. The summed E-state index contributed by atoms with van der Waals surface area (Å²) in [4.78, 5) is 12.1. The first-order valence-electron chi connectivity index (χ1n) is 5.37. The number of furan rings is 1. The molecule has 0 aliphatic rings. The highest BCUT2D eigenvalue weighted by Crippen LogP contribution is 2.21. The molecule has 0 saturated heterocycles. The smallest absolute Gasteiger partial charge is 0.228 e. The van der Waals surface area contributed by atoms with E-state index in [1.54, 1.807) is 25.3 Å². The molecule has 3 heteroatoms. The van der Waals surface area contributed by atoms with E-state index in [1.807, 2.05) is 19.9 Å². The van der Waals surface area contributed by atoms with Crippen LogP contribution in [0.15, 0.2) is 34.9 Å². The first-order chi connectivity index (χ1) is 8.13. The summed E-state index contributed by atoms with van der Waals surface area (Å²) in [5.74, 6) is 1.07. The summed E-state index contributed by atoms with van der Waals surface area (Å²) in [7, 11) is 1.61. The predicted molar refractivity (Wildman–Crippen MR) is 64.6 cm³/mol. The number of ether oxygens (including phenoxy) is 1. The van der Waals surface area contributed by atoms with Gasteiger partial charge in [0, 0.05) is 5.56 Å². The molecule has 1 aromatic heterocycles. The standard InChI is InChI=1S/C14H14O3/c1-9-6-7-17-14(9)13(15)11-4-5-12(16-3)10(2)8-11/h4-8H,1-3H3. The highest BCUT2D eigenvalue weighted by molar-refractivity contribution is 6.08. The Labute approximate surface area is 100 Å². The molecule has 0 amide bonds. The number of hydrogen-bond acceptors (Lipinski definition) is 3. The van der Waals surface area contributed by atoms with E-state index in [9.17, 15) is 4.79 Å². The van der Waals surface area contributed by atoms with Crippen molar-refractivity contribution in [3.8, 4) is 5.75 Å². The van der Waals surface area contributed by atoms with Crippen molar-refractivity contribution in [3.63, 3.8) is 0 Å². The molecule has 17 heavy (non-hydrogen) atoms. The molecule has 0 bridgehead atoms. The van der Waals surface area contributed by atoms with Gasteiger partial charge < -0.3 is 9.15 Å². The van der Waals surface area contributed by atoms with Gasteiger partial charge in [-0.3, -0.25) is 4.79 Å². The van der Waals surface area contributed by atoms with Crippen LogP contribution in [0.1, 0.15) is 27.2 Å². The van der Waals surface area contributed by atoms with E-state index < -0.39 is 0 Å². The van der Waals surface area contributed by atoms with Crippen molar-refractivity contribution in [1.29, 1.82) is 0 Å². The van der Waals surface area contributed by atoms with Crippen LogP contribution in [-0.2, 0) is 0 Å². The summed E-state index contributed by atoms with van der Waals surface area (Å²) in [6.07, 6.45) is 1.53. The number of methoxy groups -OCH3 is 1. The lowest BCUT2D eigenvalue weighted by Gasteiger charge is -2.06. The molecule has 0 radical (unpaired) electrons. The normalized spacial score (nSPS) is 10.3. The number of rotatable bonds is 3. The van der Waals surface area contributed by atoms with Gasteiger partial charge >= 0.3 is 0 Å². The van der Waals surface area contributed by atoms with Gasteiger partial charge in [0.15, 0.2) is 5.76 Å². The van der Waals surface area contributed by atoms with E-state index in [-0.39, 0.29) is 5.78 Å². The van der Waals surface area contributed by atoms with Gasteiger partial charge in [-0.25, -0.2) is 0 Å². The summed E-state index contributed by atoms with van der Waals surface area (Å²) in [6, 6.07) is 7.13. The van der Waals surface area contributed by atoms with E-state index in [2.05, 4.69) is 0 Å². The van der Waals surface area contributed by atoms with Gasteiger partial charge in [0.25, 0.3) is 0 Å². The van der Waals surface area contributed by atoms with Gasteiger partial charge in [0.1, 0.15) is 5.75 Å². The van der Waals surface area contributed by atoms with Crippen LogP contribution in [0.3, 0.4) is 0 Å². The molecule has 0 spiro atoms. The van der Waals surface area contributed by atoms with E-state index in [1.165, 1.54) is 6.26 Å². The Bertz CT molecular complexity index is 552. The third kappa shape index (κ3) is 2.09. The zero-order valence-electron chi connectivity index (χ0n) is 10.1. The Morgan fingerprint density at radius 3 is 2.47 bits per heavy atom. The van der Waals surface area contributed by atoms with Crippen LogP contribution in [-0.4, -0.2) is 12.9 Å². The summed E-state index contributed by atoms with van der Waals surface area (Å²) >= 11 is 0. The Kier molecular flexibility index (Phi) is 3.00. The summed E-state index contributed by atoms with van der Waals surface area (Å²) in [5, 5.41) is 0. The quantitative estimate of drug-likeness (QED) is 0.760. The SMILES string of the molecule is COc1ccc(C(=O)c2occc2C)cc1C. The zero-order chi connectivity index (χ0) is 12.4. The molecule has 3 nitrogen and oxygen atoms in total. The van der Waals surface area contributed by atoms with E-state index in [0.717, 1.165) is 16.9 Å². The number of ketones is 1. The lowest BCUT2D eigenvalue weighted by molar-refractivity contribution is 0.101. The molecular formula is C14H14O3. The second kappa shape index (κ2) is 4.45. The molecule has 0 aliphatic heterocycles. The zero-order valence-corrected chi connectivity index (χ0v) is 10.1. The average Bonchev–Trinajstić information content (AvgIpc) is 2.74. The first-order valence-corrected chi connectivity index (χ1v) is 5.37. The van der Waals surface area contributed by atoms with Gasteiger partial charge in [-0.1, -0.05) is 0 Å². The summed E-state index contributed by atoms with van der Waals surface area (Å²) in [6.45, 7) is 3.76. The van der Waals surface area contributed by atoms with Gasteiger partial charge in [0.05, 0.1) is 13.4 Å². The lowest BCUT2D eigenvalue weighted by Crippen LogP contribution is -2.02. The molecule has 0 fully saturated rings. The maximum atomic E-state index is 12.1. The number of benzene rings is 1. The van der Waals surface area contributed by atoms with Crippen LogP contribution >= 0.6 is 0 Å². The fourth-order valence-corrected chi connectivity index (χ4v) is 1.76. The minimum absolute atomic E-state index is 0.0988. The second-order valence-corrected chi connectivity index (χ2v) is 3.95. The Morgan fingerprint density at radius 1 is 1.18 bits per heavy atom. The topological polar surface area (TPSA) is 39.4 Å². The van der Waals surface area contributed by atoms with Gasteiger partial charge in [-0.05, 0) is 49.2 Å². The third-order valence-electron chi connectivity index (χ3n) is 2.73. The maximum Gasteiger partial charge on any atom is 0.228 e. The molecule has 2 rings (SSSR count). The fraction of sp³-hybridized carbons (Fsp3) is 0.214. The maximum absolute atomic E-state index is 12.1. The van der Waals surface area contributed by atoms with Crippen LogP contribution < -0.4 is 4.74 Å². The number of hydrogen-bond donors (Lipinski definition) is 0. The number of carbonyl (C=O) groups excluding carboxylic acids is 1. The molecule has 0 saturated carbocycles. The predicted octanol–water partition coefficient (Wildman–Crippen LogP) is 3.14. The lowest BCUT2D eigenvalue weighted by atomic mass is 10.0. The van der Waals surface area contributed by atoms with Crippen molar-refractivity contribution in [3.05, 3.63) is 53.0 Å². The van der Waals surface area contributed by atoms with Gasteiger partial charge in [-0.15, -0.1) is 0 Å². The van der Waals surface area contributed by atoms with Gasteiger partial charge in [0.2, 0.25) is 5.78 Å². The van der Waals surface area contributed by atoms with E-state index >= 15 is 0 Å². The third-order valence-corrected chi connectivity index (χ3v) is 2.73. The Morgan fingerprint density at radius 2 is 1.94 bits per heavy atom. The first kappa shape index (κ1) is 11.5. The van der Waals surface area contributed by atoms with Crippen LogP contribution in [0.5, 0.6) is 5.75 Å². The van der Waals surface area contributed by atoms with Crippen molar-refractivity contribution in [1.82, 2.24) is 0 Å². The van der Waals surface area contributed by atoms with Crippen molar-refractivity contribution in [2.75, 3.05) is 7.11 Å². The Balaban J connectivity index is 2.39. The molecule has 0 atom stereocenters. The highest BCUT2D eigenvalue weighted by Gasteiger charge is 2.15. The van der Waals surface area contributed by atoms with Crippen LogP contribution in [0, 0.1) is 13.8 Å². The molecular weight excluding hydrogens is 216 g/mol. The van der Waals surface area contributed by atoms with E-state index in [0.29, 0.717) is 11.3 Å². The van der Waals surface area contributed by atoms with Crippen molar-refractivity contribution >= 4 is 5.78 Å². The van der Waals surface area contributed by atoms with Crippen molar-refractivity contribution < 1.29 is 13.9 Å². The van der Waals surface area contributed by atoms with Crippen molar-refractivity contribution in [2.24, 2.45) is 0 Å². The van der Waals surface area contributed by atoms with Crippen LogP contribution in [0.25, 0.3) is 0 Å². The minimum atomic E-state index is -0.0988. The molecule has 88 valence electrons. The molecule has 2 aromatic rings. The summed E-state index contributed by atoms with van der Waals surface area (Å²) < 4.78 is 10.4. The molecule has 0 aliphatic carbocycles. The Hall–Kier alpha value is -2.03. The van der Waals surface area contributed by atoms with Crippen LogP contribution in [0.4, 0.5) is 0 Å².